The van der Waals surface area contributed by atoms with Crippen molar-refractivity contribution in [3.05, 3.63) is 56.8 Å². The molecule has 0 fully saturated rings. The number of ether oxygens (including phenoxy) is 1. The second kappa shape index (κ2) is 7.63. The van der Waals surface area contributed by atoms with Crippen molar-refractivity contribution in [2.24, 2.45) is 0 Å². The molecule has 28 heavy (non-hydrogen) atoms. The zero-order chi connectivity index (χ0) is 20.5. The van der Waals surface area contributed by atoms with Crippen molar-refractivity contribution in [1.29, 1.82) is 0 Å². The average molecular weight is 397 g/mol. The molecule has 0 radical (unpaired) electrons. The van der Waals surface area contributed by atoms with Gasteiger partial charge in [-0.25, -0.2) is 0 Å². The van der Waals surface area contributed by atoms with Gasteiger partial charge in [-0.2, -0.15) is 13.2 Å². The number of rotatable bonds is 4. The highest BCUT2D eigenvalue weighted by atomic mass is 19.4. The van der Waals surface area contributed by atoms with E-state index in [2.05, 4.69) is 10.3 Å². The number of alkyl halides is 3. The number of aromatic nitrogens is 2. The monoisotopic (exact) mass is 397 g/mol. The Morgan fingerprint density at radius 3 is 2.75 bits per heavy atom. The minimum Gasteiger partial charge on any atom is -0.507 e. The molecule has 150 valence electrons. The molecule has 2 N–H and O–H groups in total. The van der Waals surface area contributed by atoms with Crippen molar-refractivity contribution in [3.8, 4) is 5.75 Å². The number of nitrogens with zero attached hydrogens (tertiary/aromatic N) is 2. The van der Waals surface area contributed by atoms with Crippen LogP contribution in [-0.4, -0.2) is 33.7 Å². The van der Waals surface area contributed by atoms with Gasteiger partial charge in [0.2, 0.25) is 0 Å². The van der Waals surface area contributed by atoms with Crippen LogP contribution in [-0.2, 0) is 30.5 Å². The van der Waals surface area contributed by atoms with Gasteiger partial charge in [0.25, 0.3) is 11.5 Å². The van der Waals surface area contributed by atoms with Crippen LogP contribution in [0.1, 0.15) is 39.8 Å². The topological polar surface area (TPSA) is 93.5 Å². The van der Waals surface area contributed by atoms with E-state index in [0.29, 0.717) is 29.8 Å². The summed E-state index contributed by atoms with van der Waals surface area (Å²) >= 11 is 0. The second-order valence-electron chi connectivity index (χ2n) is 6.25. The summed E-state index contributed by atoms with van der Waals surface area (Å²) in [5, 5.41) is 12.9. The average Bonchev–Trinajstić information content (AvgIpc) is 2.65. The number of carbonyl (C=O) groups is 1. The maximum absolute atomic E-state index is 12.9. The number of hydrogen-bond donors (Lipinski definition) is 2. The molecule has 0 bridgehead atoms. The molecule has 3 heterocycles. The van der Waals surface area contributed by atoms with Gasteiger partial charge in [0, 0.05) is 24.7 Å². The highest BCUT2D eigenvalue weighted by Gasteiger charge is 2.32. The smallest absolute Gasteiger partial charge is 0.433 e. The largest absolute Gasteiger partial charge is 0.507 e. The van der Waals surface area contributed by atoms with Crippen LogP contribution in [0.5, 0.6) is 5.75 Å². The molecule has 2 aromatic rings. The summed E-state index contributed by atoms with van der Waals surface area (Å²) in [6.07, 6.45) is -3.23. The van der Waals surface area contributed by atoms with E-state index in [4.69, 9.17) is 4.74 Å². The Labute approximate surface area is 157 Å². The van der Waals surface area contributed by atoms with Crippen molar-refractivity contribution < 1.29 is 27.8 Å². The highest BCUT2D eigenvalue weighted by molar-refractivity contribution is 5.97. The fourth-order valence-electron chi connectivity index (χ4n) is 3.07. The molecule has 0 aromatic carbocycles. The molecule has 1 amide bonds. The number of aromatic hydroxyl groups is 1. The molecule has 0 spiro atoms. The van der Waals surface area contributed by atoms with E-state index < -0.39 is 23.3 Å². The minimum atomic E-state index is -4.56. The number of pyridine rings is 2. The van der Waals surface area contributed by atoms with Crippen LogP contribution in [0.25, 0.3) is 0 Å². The van der Waals surface area contributed by atoms with E-state index >= 15 is 0 Å². The standard InChI is InChI=1S/C18H18F3N3O4/c1-2-22-16(26)14-15(25)11-5-6-28-9-12(11)24(17(14)27)8-10-3-4-13(23-7-10)18(19,20)21/h3-4,7,25H,2,5-6,8-9H2,1H3,(H,22,26). The first-order valence-corrected chi connectivity index (χ1v) is 8.59. The Hall–Kier alpha value is -2.88. The number of halogens is 3. The summed E-state index contributed by atoms with van der Waals surface area (Å²) in [4.78, 5) is 28.6. The third kappa shape index (κ3) is 3.72. The lowest BCUT2D eigenvalue weighted by Crippen LogP contribution is -2.37. The van der Waals surface area contributed by atoms with E-state index in [0.717, 1.165) is 12.3 Å². The third-order valence-corrected chi connectivity index (χ3v) is 4.41. The van der Waals surface area contributed by atoms with Crippen LogP contribution in [0.3, 0.4) is 0 Å². The van der Waals surface area contributed by atoms with Crippen LogP contribution < -0.4 is 10.9 Å². The molecule has 10 heteroatoms. The van der Waals surface area contributed by atoms with Gasteiger partial charge < -0.3 is 19.7 Å². The van der Waals surface area contributed by atoms with Gasteiger partial charge in [-0.05, 0) is 18.6 Å². The Morgan fingerprint density at radius 1 is 1.39 bits per heavy atom. The second-order valence-corrected chi connectivity index (χ2v) is 6.25. The molecular formula is C18H18F3N3O4. The van der Waals surface area contributed by atoms with E-state index in [1.54, 1.807) is 6.92 Å². The zero-order valence-corrected chi connectivity index (χ0v) is 15.0. The third-order valence-electron chi connectivity index (χ3n) is 4.41. The Morgan fingerprint density at radius 2 is 2.14 bits per heavy atom. The van der Waals surface area contributed by atoms with Gasteiger partial charge in [0.15, 0.2) is 0 Å². The first-order chi connectivity index (χ1) is 13.2. The lowest BCUT2D eigenvalue weighted by atomic mass is 10.0. The van der Waals surface area contributed by atoms with E-state index in [1.165, 1.54) is 10.6 Å². The van der Waals surface area contributed by atoms with Gasteiger partial charge >= 0.3 is 6.18 Å². The maximum Gasteiger partial charge on any atom is 0.433 e. The van der Waals surface area contributed by atoms with Crippen molar-refractivity contribution in [1.82, 2.24) is 14.9 Å². The van der Waals surface area contributed by atoms with Gasteiger partial charge in [0.1, 0.15) is 17.0 Å². The van der Waals surface area contributed by atoms with Crippen molar-refractivity contribution in [2.75, 3.05) is 13.2 Å². The molecule has 2 aromatic heterocycles. The summed E-state index contributed by atoms with van der Waals surface area (Å²) in [6.45, 7) is 2.19. The number of nitrogens with one attached hydrogen (secondary N) is 1. The van der Waals surface area contributed by atoms with E-state index in [9.17, 15) is 27.9 Å². The molecule has 0 unspecified atom stereocenters. The van der Waals surface area contributed by atoms with Gasteiger partial charge in [-0.3, -0.25) is 14.6 Å². The number of hydrogen-bond acceptors (Lipinski definition) is 5. The summed E-state index contributed by atoms with van der Waals surface area (Å²) < 4.78 is 44.7. The van der Waals surface area contributed by atoms with Gasteiger partial charge in [0.05, 0.1) is 25.5 Å². The SMILES string of the molecule is CCNC(=O)c1c(O)c2c(n(Cc3ccc(C(F)(F)F)nc3)c1=O)COCC2. The van der Waals surface area contributed by atoms with Crippen LogP contribution in [0, 0.1) is 0 Å². The molecule has 0 saturated heterocycles. The zero-order valence-electron chi connectivity index (χ0n) is 15.0. The first-order valence-electron chi connectivity index (χ1n) is 8.59. The number of amides is 1. The quantitative estimate of drug-likeness (QED) is 0.821. The Kier molecular flexibility index (Phi) is 5.41. The van der Waals surface area contributed by atoms with Crippen molar-refractivity contribution in [2.45, 2.75) is 32.7 Å². The fraction of sp³-hybridized carbons (Fsp3) is 0.389. The summed E-state index contributed by atoms with van der Waals surface area (Å²) in [5.74, 6) is -1.09. The summed E-state index contributed by atoms with van der Waals surface area (Å²) in [7, 11) is 0. The fourth-order valence-corrected chi connectivity index (χ4v) is 3.07. The predicted molar refractivity (Wildman–Crippen MR) is 92.1 cm³/mol. The molecule has 0 atom stereocenters. The van der Waals surface area contributed by atoms with E-state index in [-0.39, 0.29) is 31.0 Å². The predicted octanol–water partition coefficient (Wildman–Crippen LogP) is 1.84. The molecular weight excluding hydrogens is 379 g/mol. The summed E-state index contributed by atoms with van der Waals surface area (Å²) in [5.41, 5.74) is -1.01. The van der Waals surface area contributed by atoms with Crippen LogP contribution in [0.2, 0.25) is 0 Å². The van der Waals surface area contributed by atoms with Crippen LogP contribution in [0.15, 0.2) is 23.1 Å². The maximum atomic E-state index is 12.9. The minimum absolute atomic E-state index is 0.0435. The Balaban J connectivity index is 2.08. The summed E-state index contributed by atoms with van der Waals surface area (Å²) in [6, 6.07) is 2.05. The molecule has 0 aliphatic carbocycles. The van der Waals surface area contributed by atoms with Crippen LogP contribution in [0.4, 0.5) is 13.2 Å². The Bertz CT molecular complexity index is 953. The normalized spacial score (nSPS) is 13.9. The highest BCUT2D eigenvalue weighted by Crippen LogP contribution is 2.29. The van der Waals surface area contributed by atoms with Gasteiger partial charge in [-0.1, -0.05) is 6.07 Å². The molecule has 3 rings (SSSR count). The molecule has 7 nitrogen and oxygen atoms in total. The lowest BCUT2D eigenvalue weighted by molar-refractivity contribution is -0.141. The number of fused-ring (bicyclic) bond motifs is 1. The molecule has 0 saturated carbocycles. The van der Waals surface area contributed by atoms with Crippen molar-refractivity contribution >= 4 is 5.91 Å². The number of carbonyl (C=O) groups excluding carboxylic acids is 1. The van der Waals surface area contributed by atoms with Crippen LogP contribution >= 0.6 is 0 Å². The first kappa shape index (κ1) is 19.9. The molecule has 1 aliphatic heterocycles. The lowest BCUT2D eigenvalue weighted by Gasteiger charge is -2.24. The molecule has 1 aliphatic rings. The van der Waals surface area contributed by atoms with E-state index in [1.807, 2.05) is 0 Å². The van der Waals surface area contributed by atoms with Crippen molar-refractivity contribution in [3.63, 3.8) is 0 Å². The van der Waals surface area contributed by atoms with Gasteiger partial charge in [-0.15, -0.1) is 0 Å².